The van der Waals surface area contributed by atoms with Gasteiger partial charge in [-0.15, -0.1) is 0 Å². The molecular formula is C21H17N5O. The summed E-state index contributed by atoms with van der Waals surface area (Å²) in [5, 5.41) is 3.05. The summed E-state index contributed by atoms with van der Waals surface area (Å²) in [6, 6.07) is 25.6. The van der Waals surface area contributed by atoms with E-state index < -0.39 is 0 Å². The third-order valence-electron chi connectivity index (χ3n) is 4.48. The number of fused-ring (bicyclic) bond motifs is 3. The van der Waals surface area contributed by atoms with E-state index in [0.29, 0.717) is 11.9 Å². The molecule has 1 atom stereocenters. The molecule has 0 bridgehead atoms. The number of nitrogens with one attached hydrogen (secondary N) is 1. The molecule has 5 rings (SSSR count). The van der Waals surface area contributed by atoms with Gasteiger partial charge in [-0.1, -0.05) is 42.5 Å². The molecule has 0 aliphatic carbocycles. The number of benzene rings is 3. The molecule has 3 N–H and O–H groups in total. The third kappa shape index (κ3) is 2.77. The van der Waals surface area contributed by atoms with Crippen LogP contribution in [0.3, 0.4) is 0 Å². The van der Waals surface area contributed by atoms with E-state index in [1.807, 2.05) is 83.4 Å². The summed E-state index contributed by atoms with van der Waals surface area (Å²) in [6.45, 7) is 0. The van der Waals surface area contributed by atoms with E-state index in [-0.39, 0.29) is 6.17 Å². The van der Waals surface area contributed by atoms with Gasteiger partial charge in [0.2, 0.25) is 5.95 Å². The number of nitrogens with zero attached hydrogens (tertiary/aromatic N) is 3. The average molecular weight is 355 g/mol. The molecule has 4 aromatic rings. The molecule has 27 heavy (non-hydrogen) atoms. The average Bonchev–Trinajstić information content (AvgIpc) is 3.06. The van der Waals surface area contributed by atoms with Crippen molar-refractivity contribution in [2.75, 3.05) is 5.32 Å². The van der Waals surface area contributed by atoms with Crippen molar-refractivity contribution >= 4 is 22.9 Å². The Hall–Kier alpha value is -3.80. The maximum absolute atomic E-state index is 6.02. The van der Waals surface area contributed by atoms with Crippen molar-refractivity contribution < 1.29 is 4.74 Å². The Balaban J connectivity index is 1.58. The van der Waals surface area contributed by atoms with Gasteiger partial charge in [0.1, 0.15) is 11.5 Å². The van der Waals surface area contributed by atoms with Crippen LogP contribution in [0.2, 0.25) is 0 Å². The second-order valence-corrected chi connectivity index (χ2v) is 6.29. The minimum absolute atomic E-state index is 0.312. The molecule has 0 saturated carbocycles. The predicted molar refractivity (Wildman–Crippen MR) is 106 cm³/mol. The van der Waals surface area contributed by atoms with Gasteiger partial charge < -0.3 is 10.5 Å². The van der Waals surface area contributed by atoms with Crippen molar-refractivity contribution in [2.24, 2.45) is 10.7 Å². The highest BCUT2D eigenvalue weighted by Crippen LogP contribution is 2.34. The SMILES string of the molecule is NC1=N[C@@H](c2cccc(Oc3ccccc3)c2)n2c(nc3ccccc32)N1. The zero-order valence-electron chi connectivity index (χ0n) is 14.4. The standard InChI is InChI=1S/C21H17N5O/c22-20-24-19(26-18-12-5-4-11-17(18)23-21(26)25-20)14-7-6-10-16(13-14)27-15-8-2-1-3-9-15/h1-13,19H,(H3,22,23,24,25)/t19-/m1/s1. The molecule has 1 aromatic heterocycles. The first-order valence-corrected chi connectivity index (χ1v) is 8.68. The summed E-state index contributed by atoms with van der Waals surface area (Å²) >= 11 is 0. The van der Waals surface area contributed by atoms with Crippen molar-refractivity contribution in [3.8, 4) is 11.5 Å². The van der Waals surface area contributed by atoms with E-state index in [1.165, 1.54) is 0 Å². The van der Waals surface area contributed by atoms with E-state index in [2.05, 4.69) is 15.3 Å². The van der Waals surface area contributed by atoms with E-state index >= 15 is 0 Å². The Kier molecular flexibility index (Phi) is 3.53. The van der Waals surface area contributed by atoms with Crippen molar-refractivity contribution in [1.29, 1.82) is 0 Å². The van der Waals surface area contributed by atoms with Gasteiger partial charge in [0.25, 0.3) is 0 Å². The quantitative estimate of drug-likeness (QED) is 0.580. The molecule has 0 saturated heterocycles. The first-order chi connectivity index (χ1) is 13.3. The number of hydrogen-bond acceptors (Lipinski definition) is 5. The fourth-order valence-electron chi connectivity index (χ4n) is 3.30. The number of rotatable bonds is 3. The van der Waals surface area contributed by atoms with Gasteiger partial charge in [-0.2, -0.15) is 0 Å². The lowest BCUT2D eigenvalue weighted by Gasteiger charge is -2.24. The van der Waals surface area contributed by atoms with E-state index in [1.54, 1.807) is 0 Å². The molecule has 6 nitrogen and oxygen atoms in total. The Labute approximate surface area is 155 Å². The van der Waals surface area contributed by atoms with Crippen molar-refractivity contribution in [3.05, 3.63) is 84.4 Å². The number of guanidine groups is 1. The summed E-state index contributed by atoms with van der Waals surface area (Å²) in [6.07, 6.45) is -0.312. The van der Waals surface area contributed by atoms with Crippen molar-refractivity contribution in [2.45, 2.75) is 6.17 Å². The Morgan fingerprint density at radius 2 is 1.67 bits per heavy atom. The highest BCUT2D eigenvalue weighted by Gasteiger charge is 2.25. The Morgan fingerprint density at radius 3 is 2.56 bits per heavy atom. The maximum atomic E-state index is 6.02. The summed E-state index contributed by atoms with van der Waals surface area (Å²) < 4.78 is 8.02. The zero-order chi connectivity index (χ0) is 18.2. The lowest BCUT2D eigenvalue weighted by molar-refractivity contribution is 0.480. The summed E-state index contributed by atoms with van der Waals surface area (Å²) in [7, 11) is 0. The number of aliphatic imine (C=N–C) groups is 1. The summed E-state index contributed by atoms with van der Waals surface area (Å²) in [5.74, 6) is 2.56. The lowest BCUT2D eigenvalue weighted by atomic mass is 10.1. The molecule has 6 heteroatoms. The van der Waals surface area contributed by atoms with Gasteiger partial charge in [-0.3, -0.25) is 9.88 Å². The molecule has 3 aromatic carbocycles. The number of ether oxygens (including phenoxy) is 1. The molecule has 0 unspecified atom stereocenters. The first-order valence-electron chi connectivity index (χ1n) is 8.68. The van der Waals surface area contributed by atoms with Crippen LogP contribution < -0.4 is 15.8 Å². The number of hydrogen-bond donors (Lipinski definition) is 2. The highest BCUT2D eigenvalue weighted by molar-refractivity contribution is 5.94. The Bertz CT molecular complexity index is 1150. The van der Waals surface area contributed by atoms with Crippen LogP contribution in [0.4, 0.5) is 5.95 Å². The first kappa shape index (κ1) is 15.5. The van der Waals surface area contributed by atoms with Crippen molar-refractivity contribution in [1.82, 2.24) is 9.55 Å². The molecule has 0 amide bonds. The molecule has 1 aliphatic rings. The number of anilines is 1. The van der Waals surface area contributed by atoms with E-state index in [0.717, 1.165) is 28.1 Å². The van der Waals surface area contributed by atoms with E-state index in [9.17, 15) is 0 Å². The van der Waals surface area contributed by atoms with Crippen LogP contribution in [0.5, 0.6) is 11.5 Å². The second-order valence-electron chi connectivity index (χ2n) is 6.29. The minimum Gasteiger partial charge on any atom is -0.457 e. The summed E-state index contributed by atoms with van der Waals surface area (Å²) in [5.41, 5.74) is 8.88. The Morgan fingerprint density at radius 1 is 0.889 bits per heavy atom. The molecule has 0 spiro atoms. The minimum atomic E-state index is -0.312. The van der Waals surface area contributed by atoms with Crippen LogP contribution in [-0.2, 0) is 0 Å². The number of nitrogens with two attached hydrogens (primary N) is 1. The molecule has 132 valence electrons. The monoisotopic (exact) mass is 355 g/mol. The topological polar surface area (TPSA) is 77.5 Å². The van der Waals surface area contributed by atoms with E-state index in [4.69, 9.17) is 10.5 Å². The van der Waals surface area contributed by atoms with Gasteiger partial charge >= 0.3 is 0 Å². The zero-order valence-corrected chi connectivity index (χ0v) is 14.4. The van der Waals surface area contributed by atoms with Crippen LogP contribution in [0.25, 0.3) is 11.0 Å². The van der Waals surface area contributed by atoms with Crippen LogP contribution >= 0.6 is 0 Å². The van der Waals surface area contributed by atoms with Gasteiger partial charge in [0, 0.05) is 5.56 Å². The number of imidazole rings is 1. The lowest BCUT2D eigenvalue weighted by Crippen LogP contribution is -2.31. The largest absolute Gasteiger partial charge is 0.457 e. The summed E-state index contributed by atoms with van der Waals surface area (Å²) in [4.78, 5) is 9.24. The fraction of sp³-hybridized carbons (Fsp3) is 0.0476. The maximum Gasteiger partial charge on any atom is 0.212 e. The molecule has 2 heterocycles. The number of aromatic nitrogens is 2. The van der Waals surface area contributed by atoms with Gasteiger partial charge in [0.05, 0.1) is 11.0 Å². The van der Waals surface area contributed by atoms with Gasteiger partial charge in [0.15, 0.2) is 12.1 Å². The normalized spacial score (nSPS) is 15.7. The number of para-hydroxylation sites is 3. The molecule has 0 radical (unpaired) electrons. The molecule has 0 fully saturated rings. The van der Waals surface area contributed by atoms with Crippen LogP contribution in [-0.4, -0.2) is 15.5 Å². The third-order valence-corrected chi connectivity index (χ3v) is 4.48. The van der Waals surface area contributed by atoms with Gasteiger partial charge in [-0.25, -0.2) is 9.98 Å². The van der Waals surface area contributed by atoms with Crippen LogP contribution in [0, 0.1) is 0 Å². The molecule has 1 aliphatic heterocycles. The highest BCUT2D eigenvalue weighted by atomic mass is 16.5. The predicted octanol–water partition coefficient (Wildman–Crippen LogP) is 4.12. The smallest absolute Gasteiger partial charge is 0.212 e. The second kappa shape index (κ2) is 6.17. The fourth-order valence-corrected chi connectivity index (χ4v) is 3.30. The van der Waals surface area contributed by atoms with Crippen LogP contribution in [0.15, 0.2) is 83.9 Å². The van der Waals surface area contributed by atoms with Crippen molar-refractivity contribution in [3.63, 3.8) is 0 Å². The van der Waals surface area contributed by atoms with Gasteiger partial charge in [-0.05, 0) is 36.4 Å². The van der Waals surface area contributed by atoms with Crippen LogP contribution in [0.1, 0.15) is 11.7 Å². The molecular weight excluding hydrogens is 338 g/mol.